The lowest BCUT2D eigenvalue weighted by molar-refractivity contribution is -0.134. The first-order valence-corrected chi connectivity index (χ1v) is 7.05. The number of benzene rings is 1. The molecular formula is C16H23NO4. The summed E-state index contributed by atoms with van der Waals surface area (Å²) in [7, 11) is 0. The molecule has 0 aromatic heterocycles. The van der Waals surface area contributed by atoms with Gasteiger partial charge in [-0.15, -0.1) is 0 Å². The lowest BCUT2D eigenvalue weighted by atomic mass is 9.96. The molecule has 5 heteroatoms. The molecule has 1 aromatic rings. The number of amides is 1. The van der Waals surface area contributed by atoms with Crippen LogP contribution in [0.3, 0.4) is 0 Å². The van der Waals surface area contributed by atoms with Gasteiger partial charge < -0.3 is 14.8 Å². The van der Waals surface area contributed by atoms with E-state index < -0.39 is 11.4 Å². The fraction of sp³-hybridized carbons (Fsp3) is 0.500. The van der Waals surface area contributed by atoms with Gasteiger partial charge in [0.15, 0.2) is 11.5 Å². The summed E-state index contributed by atoms with van der Waals surface area (Å²) in [6.45, 7) is 8.07. The van der Waals surface area contributed by atoms with Crippen molar-refractivity contribution in [3.05, 3.63) is 24.3 Å². The van der Waals surface area contributed by atoms with Gasteiger partial charge in [0, 0.05) is 12.0 Å². The van der Waals surface area contributed by atoms with Gasteiger partial charge in [0.2, 0.25) is 5.91 Å². The molecule has 0 spiro atoms. The van der Waals surface area contributed by atoms with Crippen LogP contribution in [0, 0.1) is 5.41 Å². The third kappa shape index (κ3) is 5.85. The summed E-state index contributed by atoms with van der Waals surface area (Å²) in [5.41, 5.74) is -0.467. The molecule has 116 valence electrons. The average molecular weight is 293 g/mol. The molecule has 21 heavy (non-hydrogen) atoms. The van der Waals surface area contributed by atoms with Crippen molar-refractivity contribution < 1.29 is 19.1 Å². The molecule has 0 unspecified atom stereocenters. The second-order valence-corrected chi connectivity index (χ2v) is 5.61. The molecule has 0 radical (unpaired) electrons. The van der Waals surface area contributed by atoms with Crippen LogP contribution >= 0.6 is 0 Å². The van der Waals surface area contributed by atoms with Crippen LogP contribution in [0.2, 0.25) is 0 Å². The van der Waals surface area contributed by atoms with Crippen molar-refractivity contribution >= 4 is 11.9 Å². The Morgan fingerprint density at radius 1 is 1.14 bits per heavy atom. The van der Waals surface area contributed by atoms with Gasteiger partial charge in [-0.3, -0.25) is 9.59 Å². The first kappa shape index (κ1) is 17.0. The quantitative estimate of drug-likeness (QED) is 0.646. The van der Waals surface area contributed by atoms with Crippen LogP contribution < -0.4 is 14.8 Å². The molecular weight excluding hydrogens is 270 g/mol. The third-order valence-electron chi connectivity index (χ3n) is 2.67. The summed E-state index contributed by atoms with van der Waals surface area (Å²) in [6.07, 6.45) is 0.113. The highest BCUT2D eigenvalue weighted by atomic mass is 16.6. The van der Waals surface area contributed by atoms with E-state index in [1.165, 1.54) is 0 Å². The number of carbonyl (C=O) groups is 2. The van der Waals surface area contributed by atoms with Gasteiger partial charge in [-0.05, 0) is 19.1 Å². The zero-order valence-corrected chi connectivity index (χ0v) is 13.1. The first-order chi connectivity index (χ1) is 9.84. The molecule has 0 saturated carbocycles. The van der Waals surface area contributed by atoms with Gasteiger partial charge >= 0.3 is 5.97 Å². The number of para-hydroxylation sites is 2. The maximum atomic E-state index is 11.8. The second-order valence-electron chi connectivity index (χ2n) is 5.61. The van der Waals surface area contributed by atoms with E-state index >= 15 is 0 Å². The minimum atomic E-state index is -0.467. The van der Waals surface area contributed by atoms with Crippen LogP contribution in [0.25, 0.3) is 0 Å². The molecule has 0 aliphatic heterocycles. The Bertz CT molecular complexity index is 491. The predicted molar refractivity (Wildman–Crippen MR) is 80.3 cm³/mol. The normalized spacial score (nSPS) is 10.9. The number of hydrogen-bond acceptors (Lipinski definition) is 4. The van der Waals surface area contributed by atoms with Crippen LogP contribution in [0.1, 0.15) is 34.1 Å². The van der Waals surface area contributed by atoms with Crippen LogP contribution in [0.4, 0.5) is 0 Å². The Morgan fingerprint density at radius 2 is 1.76 bits per heavy atom. The SMILES string of the molecule is CCOc1ccccc1OC(=O)CCNC(=O)C(C)(C)C. The maximum absolute atomic E-state index is 11.8. The fourth-order valence-electron chi connectivity index (χ4n) is 1.53. The summed E-state index contributed by atoms with van der Waals surface area (Å²) in [5.74, 6) is 0.431. The first-order valence-electron chi connectivity index (χ1n) is 7.05. The summed E-state index contributed by atoms with van der Waals surface area (Å²) in [5, 5.41) is 2.71. The number of ether oxygens (including phenoxy) is 2. The Morgan fingerprint density at radius 3 is 2.33 bits per heavy atom. The van der Waals surface area contributed by atoms with Crippen LogP contribution in [0.5, 0.6) is 11.5 Å². The average Bonchev–Trinajstić information content (AvgIpc) is 2.40. The van der Waals surface area contributed by atoms with Crippen LogP contribution in [0.15, 0.2) is 24.3 Å². The summed E-state index contributed by atoms with van der Waals surface area (Å²) < 4.78 is 10.6. The molecule has 5 nitrogen and oxygen atoms in total. The van der Waals surface area contributed by atoms with E-state index in [2.05, 4.69) is 5.32 Å². The van der Waals surface area contributed by atoms with E-state index in [4.69, 9.17) is 9.47 Å². The maximum Gasteiger partial charge on any atom is 0.313 e. The second kappa shape index (κ2) is 7.67. The minimum Gasteiger partial charge on any atom is -0.490 e. The van der Waals surface area contributed by atoms with Crippen molar-refractivity contribution in [1.29, 1.82) is 0 Å². The van der Waals surface area contributed by atoms with Crippen molar-refractivity contribution in [3.63, 3.8) is 0 Å². The Kier molecular flexibility index (Phi) is 6.21. The molecule has 1 N–H and O–H groups in total. The molecule has 0 heterocycles. The highest BCUT2D eigenvalue weighted by Gasteiger charge is 2.20. The van der Waals surface area contributed by atoms with Crippen molar-refractivity contribution in [2.24, 2.45) is 5.41 Å². The van der Waals surface area contributed by atoms with Crippen LogP contribution in [-0.2, 0) is 9.59 Å². The Hall–Kier alpha value is -2.04. The zero-order chi connectivity index (χ0) is 15.9. The molecule has 0 atom stereocenters. The van der Waals surface area contributed by atoms with Crippen molar-refractivity contribution in [2.45, 2.75) is 34.1 Å². The van der Waals surface area contributed by atoms with Gasteiger partial charge in [0.05, 0.1) is 13.0 Å². The van der Waals surface area contributed by atoms with Crippen molar-refractivity contribution in [3.8, 4) is 11.5 Å². The van der Waals surface area contributed by atoms with E-state index in [0.717, 1.165) is 0 Å². The largest absolute Gasteiger partial charge is 0.490 e. The van der Waals surface area contributed by atoms with Gasteiger partial charge in [-0.1, -0.05) is 32.9 Å². The standard InChI is InChI=1S/C16H23NO4/c1-5-20-12-8-6-7-9-13(12)21-14(18)10-11-17-15(19)16(2,3)4/h6-9H,5,10-11H2,1-4H3,(H,17,19). The monoisotopic (exact) mass is 293 g/mol. The van der Waals surface area contributed by atoms with E-state index in [1.54, 1.807) is 18.2 Å². The predicted octanol–water partition coefficient (Wildman–Crippen LogP) is 2.54. The van der Waals surface area contributed by atoms with E-state index in [-0.39, 0.29) is 18.9 Å². The minimum absolute atomic E-state index is 0.0926. The number of nitrogens with one attached hydrogen (secondary N) is 1. The summed E-state index contributed by atoms with van der Waals surface area (Å²) >= 11 is 0. The van der Waals surface area contributed by atoms with Gasteiger partial charge in [-0.2, -0.15) is 0 Å². The van der Waals surface area contributed by atoms with Gasteiger partial charge in [0.25, 0.3) is 0 Å². The highest BCUT2D eigenvalue weighted by Crippen LogP contribution is 2.26. The van der Waals surface area contributed by atoms with E-state index in [0.29, 0.717) is 18.1 Å². The summed E-state index contributed by atoms with van der Waals surface area (Å²) in [4.78, 5) is 23.4. The lowest BCUT2D eigenvalue weighted by Gasteiger charge is -2.17. The number of hydrogen-bond donors (Lipinski definition) is 1. The smallest absolute Gasteiger partial charge is 0.313 e. The fourth-order valence-corrected chi connectivity index (χ4v) is 1.53. The Balaban J connectivity index is 2.46. The van der Waals surface area contributed by atoms with E-state index in [9.17, 15) is 9.59 Å². The number of esters is 1. The van der Waals surface area contributed by atoms with Gasteiger partial charge in [-0.25, -0.2) is 0 Å². The Labute approximate surface area is 125 Å². The molecule has 0 bridgehead atoms. The van der Waals surface area contributed by atoms with E-state index in [1.807, 2.05) is 33.8 Å². The zero-order valence-electron chi connectivity index (χ0n) is 13.1. The number of carbonyl (C=O) groups excluding carboxylic acids is 2. The molecule has 0 aliphatic carbocycles. The molecule has 0 saturated heterocycles. The summed E-state index contributed by atoms with van der Waals surface area (Å²) in [6, 6.07) is 7.00. The topological polar surface area (TPSA) is 64.6 Å². The third-order valence-corrected chi connectivity index (χ3v) is 2.67. The van der Waals surface area contributed by atoms with Crippen molar-refractivity contribution in [2.75, 3.05) is 13.2 Å². The number of rotatable bonds is 6. The highest BCUT2D eigenvalue weighted by molar-refractivity contribution is 5.82. The van der Waals surface area contributed by atoms with Crippen molar-refractivity contribution in [1.82, 2.24) is 5.32 Å². The molecule has 1 amide bonds. The molecule has 1 aromatic carbocycles. The molecule has 0 fully saturated rings. The lowest BCUT2D eigenvalue weighted by Crippen LogP contribution is -2.36. The van der Waals surface area contributed by atoms with Crippen LogP contribution in [-0.4, -0.2) is 25.0 Å². The van der Waals surface area contributed by atoms with Gasteiger partial charge in [0.1, 0.15) is 0 Å². The molecule has 0 aliphatic rings. The molecule has 1 rings (SSSR count).